The van der Waals surface area contributed by atoms with E-state index in [0.717, 1.165) is 6.42 Å². The summed E-state index contributed by atoms with van der Waals surface area (Å²) < 4.78 is 4.78. The van der Waals surface area contributed by atoms with Gasteiger partial charge in [0, 0.05) is 0 Å². The standard InChI is InChI=1S/C13H20O2/c1-5-6-7-8-9-10-11(12(14)15-4)13(10,2)3/h6-11H,5H2,1-4H3/b7-6+,9-8-. The van der Waals surface area contributed by atoms with Crippen LogP contribution in [0.5, 0.6) is 0 Å². The molecule has 2 heteroatoms. The minimum atomic E-state index is -0.0888. The number of hydrogen-bond donors (Lipinski definition) is 0. The predicted molar refractivity (Wildman–Crippen MR) is 61.3 cm³/mol. The molecule has 1 rings (SSSR count). The fourth-order valence-electron chi connectivity index (χ4n) is 2.01. The Bertz CT molecular complexity index is 287. The lowest BCUT2D eigenvalue weighted by molar-refractivity contribution is -0.143. The van der Waals surface area contributed by atoms with E-state index in [0.29, 0.717) is 5.92 Å². The van der Waals surface area contributed by atoms with E-state index in [1.807, 2.05) is 12.2 Å². The molecule has 1 fully saturated rings. The maximum atomic E-state index is 11.4. The third kappa shape index (κ3) is 2.49. The van der Waals surface area contributed by atoms with E-state index in [4.69, 9.17) is 4.74 Å². The topological polar surface area (TPSA) is 26.3 Å². The Morgan fingerprint density at radius 3 is 2.60 bits per heavy atom. The first kappa shape index (κ1) is 12.0. The summed E-state index contributed by atoms with van der Waals surface area (Å²) in [5.41, 5.74) is 0.0592. The van der Waals surface area contributed by atoms with Crippen LogP contribution in [-0.2, 0) is 9.53 Å². The van der Waals surface area contributed by atoms with Crippen LogP contribution in [0.2, 0.25) is 0 Å². The highest BCUT2D eigenvalue weighted by atomic mass is 16.5. The summed E-state index contributed by atoms with van der Waals surface area (Å²) in [6.07, 6.45) is 9.30. The fourth-order valence-corrected chi connectivity index (χ4v) is 2.01. The van der Waals surface area contributed by atoms with Gasteiger partial charge in [-0.1, -0.05) is 45.1 Å². The maximum Gasteiger partial charge on any atom is 0.309 e. The molecule has 0 spiro atoms. The van der Waals surface area contributed by atoms with Crippen molar-refractivity contribution in [3.05, 3.63) is 24.3 Å². The average Bonchev–Trinajstić information content (AvgIpc) is 2.74. The van der Waals surface area contributed by atoms with Crippen LogP contribution >= 0.6 is 0 Å². The van der Waals surface area contributed by atoms with Gasteiger partial charge in [-0.05, 0) is 17.8 Å². The van der Waals surface area contributed by atoms with E-state index >= 15 is 0 Å². The highest BCUT2D eigenvalue weighted by Crippen LogP contribution is 2.59. The summed E-state index contributed by atoms with van der Waals surface area (Å²) >= 11 is 0. The number of carbonyl (C=O) groups excluding carboxylic acids is 1. The predicted octanol–water partition coefficient (Wildman–Crippen LogP) is 2.95. The number of methoxy groups -OCH3 is 1. The van der Waals surface area contributed by atoms with Crippen LogP contribution in [0, 0.1) is 17.3 Å². The van der Waals surface area contributed by atoms with Crippen molar-refractivity contribution in [2.45, 2.75) is 27.2 Å². The number of esters is 1. The van der Waals surface area contributed by atoms with Gasteiger partial charge in [0.25, 0.3) is 0 Å². The maximum absolute atomic E-state index is 11.4. The first-order chi connectivity index (χ1) is 7.05. The molecule has 0 aromatic rings. The highest BCUT2D eigenvalue weighted by Gasteiger charge is 2.61. The van der Waals surface area contributed by atoms with E-state index in [9.17, 15) is 4.79 Å². The Balaban J connectivity index is 2.55. The quantitative estimate of drug-likeness (QED) is 0.524. The Labute approximate surface area is 92.0 Å². The van der Waals surface area contributed by atoms with Crippen molar-refractivity contribution >= 4 is 5.97 Å². The lowest BCUT2D eigenvalue weighted by atomic mass is 10.1. The van der Waals surface area contributed by atoms with Crippen molar-refractivity contribution in [1.29, 1.82) is 0 Å². The Hall–Kier alpha value is -1.05. The van der Waals surface area contributed by atoms with Crippen molar-refractivity contribution < 1.29 is 9.53 Å². The van der Waals surface area contributed by atoms with Crippen LogP contribution < -0.4 is 0 Å². The highest BCUT2D eigenvalue weighted by molar-refractivity contribution is 5.78. The smallest absolute Gasteiger partial charge is 0.309 e. The lowest BCUT2D eigenvalue weighted by Crippen LogP contribution is -2.07. The molecule has 1 aliphatic rings. The van der Waals surface area contributed by atoms with Gasteiger partial charge in [-0.15, -0.1) is 0 Å². The van der Waals surface area contributed by atoms with Gasteiger partial charge < -0.3 is 4.74 Å². The minimum absolute atomic E-state index is 0.0359. The van der Waals surface area contributed by atoms with Crippen LogP contribution in [0.1, 0.15) is 27.2 Å². The monoisotopic (exact) mass is 208 g/mol. The molecule has 84 valence electrons. The second kappa shape index (κ2) is 4.65. The minimum Gasteiger partial charge on any atom is -0.469 e. The van der Waals surface area contributed by atoms with Crippen LogP contribution in [0.3, 0.4) is 0 Å². The molecule has 0 amide bonds. The molecule has 0 aromatic carbocycles. The molecule has 1 saturated carbocycles. The molecule has 15 heavy (non-hydrogen) atoms. The molecule has 2 nitrogen and oxygen atoms in total. The van der Waals surface area contributed by atoms with Crippen molar-refractivity contribution in [2.24, 2.45) is 17.3 Å². The summed E-state index contributed by atoms with van der Waals surface area (Å²) in [6.45, 7) is 6.31. The zero-order valence-corrected chi connectivity index (χ0v) is 9.99. The van der Waals surface area contributed by atoms with E-state index in [-0.39, 0.29) is 17.3 Å². The zero-order chi connectivity index (χ0) is 11.5. The second-order valence-corrected chi connectivity index (χ2v) is 4.57. The van der Waals surface area contributed by atoms with Gasteiger partial charge in [-0.2, -0.15) is 0 Å². The van der Waals surface area contributed by atoms with Gasteiger partial charge in [-0.3, -0.25) is 4.79 Å². The van der Waals surface area contributed by atoms with Crippen molar-refractivity contribution in [3.63, 3.8) is 0 Å². The third-order valence-electron chi connectivity index (χ3n) is 3.17. The van der Waals surface area contributed by atoms with E-state index < -0.39 is 0 Å². The average molecular weight is 208 g/mol. The van der Waals surface area contributed by atoms with Gasteiger partial charge in [0.05, 0.1) is 13.0 Å². The molecular formula is C13H20O2. The molecule has 0 N–H and O–H groups in total. The Morgan fingerprint density at radius 2 is 2.07 bits per heavy atom. The fraction of sp³-hybridized carbons (Fsp3) is 0.615. The van der Waals surface area contributed by atoms with Crippen LogP contribution in [0.15, 0.2) is 24.3 Å². The van der Waals surface area contributed by atoms with E-state index in [1.165, 1.54) is 7.11 Å². The molecule has 0 aliphatic heterocycles. The van der Waals surface area contributed by atoms with Gasteiger partial charge in [-0.25, -0.2) is 0 Å². The van der Waals surface area contributed by atoms with Crippen molar-refractivity contribution in [3.8, 4) is 0 Å². The van der Waals surface area contributed by atoms with Gasteiger partial charge >= 0.3 is 5.97 Å². The molecule has 0 radical (unpaired) electrons. The Morgan fingerprint density at radius 1 is 1.40 bits per heavy atom. The zero-order valence-electron chi connectivity index (χ0n) is 9.99. The van der Waals surface area contributed by atoms with Gasteiger partial charge in [0.2, 0.25) is 0 Å². The third-order valence-corrected chi connectivity index (χ3v) is 3.17. The largest absolute Gasteiger partial charge is 0.469 e. The molecular weight excluding hydrogens is 188 g/mol. The summed E-state index contributed by atoms with van der Waals surface area (Å²) in [6, 6.07) is 0. The van der Waals surface area contributed by atoms with Crippen molar-refractivity contribution in [2.75, 3.05) is 7.11 Å². The number of allylic oxidation sites excluding steroid dienone is 4. The molecule has 0 saturated heterocycles. The molecule has 0 heterocycles. The Kier molecular flexibility index (Phi) is 3.72. The first-order valence-electron chi connectivity index (χ1n) is 5.46. The second-order valence-electron chi connectivity index (χ2n) is 4.57. The number of rotatable bonds is 4. The summed E-state index contributed by atoms with van der Waals surface area (Å²) in [4.78, 5) is 11.4. The summed E-state index contributed by atoms with van der Waals surface area (Å²) in [5.74, 6) is 0.273. The molecule has 1 aliphatic carbocycles. The van der Waals surface area contributed by atoms with Crippen molar-refractivity contribution in [1.82, 2.24) is 0 Å². The number of carbonyl (C=O) groups is 1. The van der Waals surface area contributed by atoms with Crippen LogP contribution in [0.4, 0.5) is 0 Å². The van der Waals surface area contributed by atoms with Crippen LogP contribution in [0.25, 0.3) is 0 Å². The normalized spacial score (nSPS) is 28.5. The first-order valence-corrected chi connectivity index (χ1v) is 5.46. The molecule has 0 bridgehead atoms. The summed E-state index contributed by atoms with van der Waals surface area (Å²) in [5, 5.41) is 0. The van der Waals surface area contributed by atoms with Gasteiger partial charge in [0.15, 0.2) is 0 Å². The molecule has 2 atom stereocenters. The summed E-state index contributed by atoms with van der Waals surface area (Å²) in [7, 11) is 1.45. The molecule has 0 aromatic heterocycles. The van der Waals surface area contributed by atoms with Gasteiger partial charge in [0.1, 0.15) is 0 Å². The number of ether oxygens (including phenoxy) is 1. The SMILES string of the molecule is CC/C=C/C=C\C1C(C(=O)OC)C1(C)C. The number of hydrogen-bond acceptors (Lipinski definition) is 2. The molecule has 2 unspecified atom stereocenters. The van der Waals surface area contributed by atoms with Crippen LogP contribution in [-0.4, -0.2) is 13.1 Å². The van der Waals surface area contributed by atoms with E-state index in [1.54, 1.807) is 0 Å². The van der Waals surface area contributed by atoms with E-state index in [2.05, 4.69) is 32.9 Å². The lowest BCUT2D eigenvalue weighted by Gasteiger charge is -1.98.